The van der Waals surface area contributed by atoms with Crippen LogP contribution in [-0.4, -0.2) is 58.2 Å². The first-order valence-corrected chi connectivity index (χ1v) is 10.6. The second-order valence-corrected chi connectivity index (χ2v) is 9.97. The second-order valence-electron chi connectivity index (χ2n) is 9.97. The standard InChI is InChI=1S/C22H28F3N3O7/c1-20(2,3)34-18(29)27(19(30)35-21(4,5)6)17-26-22(7,16(25)15(11-23)33-17)13-10-12(28(31)32)8-9-14(13)24/h8-10,15-16H,11H2,1-7H3/t15-,16-,22+/m0/s1. The number of amidine groups is 1. The van der Waals surface area contributed by atoms with Crippen molar-refractivity contribution >= 4 is 23.9 Å². The molecule has 0 N–H and O–H groups in total. The minimum Gasteiger partial charge on any atom is -0.455 e. The zero-order valence-electron chi connectivity index (χ0n) is 20.4. The molecule has 1 aliphatic rings. The molecule has 1 aromatic carbocycles. The molecule has 35 heavy (non-hydrogen) atoms. The largest absolute Gasteiger partial charge is 0.455 e. The fourth-order valence-corrected chi connectivity index (χ4v) is 3.13. The number of halogens is 3. The highest BCUT2D eigenvalue weighted by Crippen LogP contribution is 2.40. The molecule has 1 aromatic rings. The first-order chi connectivity index (χ1) is 15.9. The molecular weight excluding hydrogens is 475 g/mol. The number of nitrogens with zero attached hydrogens (tertiary/aromatic N) is 3. The fourth-order valence-electron chi connectivity index (χ4n) is 3.13. The predicted octanol–water partition coefficient (Wildman–Crippen LogP) is 5.18. The lowest BCUT2D eigenvalue weighted by atomic mass is 9.84. The summed E-state index contributed by atoms with van der Waals surface area (Å²) in [7, 11) is 0. The Morgan fingerprint density at radius 2 is 1.69 bits per heavy atom. The summed E-state index contributed by atoms with van der Waals surface area (Å²) < 4.78 is 59.6. The van der Waals surface area contributed by atoms with Crippen molar-refractivity contribution in [3.63, 3.8) is 0 Å². The number of hydrogen-bond acceptors (Lipinski definition) is 8. The van der Waals surface area contributed by atoms with E-state index in [1.165, 1.54) is 41.5 Å². The van der Waals surface area contributed by atoms with Crippen LogP contribution >= 0.6 is 0 Å². The summed E-state index contributed by atoms with van der Waals surface area (Å²) in [5.41, 5.74) is -5.73. The summed E-state index contributed by atoms with van der Waals surface area (Å²) in [5, 5.41) is 11.2. The summed E-state index contributed by atoms with van der Waals surface area (Å²) in [5.74, 6) is -1.08. The van der Waals surface area contributed by atoms with Crippen molar-refractivity contribution in [1.82, 2.24) is 4.90 Å². The number of benzene rings is 1. The molecule has 0 fully saturated rings. The van der Waals surface area contributed by atoms with Gasteiger partial charge in [0, 0.05) is 17.7 Å². The molecule has 2 amide bonds. The van der Waals surface area contributed by atoms with Crippen LogP contribution in [0.25, 0.3) is 0 Å². The molecule has 194 valence electrons. The van der Waals surface area contributed by atoms with E-state index in [1.54, 1.807) is 0 Å². The van der Waals surface area contributed by atoms with Crippen molar-refractivity contribution in [1.29, 1.82) is 0 Å². The number of alkyl halides is 2. The first-order valence-electron chi connectivity index (χ1n) is 10.6. The molecule has 0 aliphatic carbocycles. The summed E-state index contributed by atoms with van der Waals surface area (Å²) in [6, 6.07) is 1.42. The van der Waals surface area contributed by atoms with Crippen LogP contribution in [-0.2, 0) is 19.7 Å². The van der Waals surface area contributed by atoms with E-state index in [9.17, 15) is 28.5 Å². The van der Waals surface area contributed by atoms with Gasteiger partial charge < -0.3 is 14.2 Å². The minimum absolute atomic E-state index is 0.207. The van der Waals surface area contributed by atoms with Crippen molar-refractivity contribution in [2.45, 2.75) is 77.5 Å². The van der Waals surface area contributed by atoms with Gasteiger partial charge in [0.1, 0.15) is 29.2 Å². The number of carbonyl (C=O) groups is 2. The Morgan fingerprint density at radius 1 is 1.17 bits per heavy atom. The maximum atomic E-state index is 15.4. The van der Waals surface area contributed by atoms with E-state index in [1.807, 2.05) is 0 Å². The molecule has 0 unspecified atom stereocenters. The van der Waals surface area contributed by atoms with Crippen LogP contribution in [0.2, 0.25) is 0 Å². The van der Waals surface area contributed by atoms with Gasteiger partial charge in [-0.2, -0.15) is 0 Å². The number of nitro groups is 1. The van der Waals surface area contributed by atoms with Gasteiger partial charge in [0.15, 0.2) is 12.3 Å². The van der Waals surface area contributed by atoms with Gasteiger partial charge in [-0.25, -0.2) is 27.8 Å². The molecule has 0 saturated heterocycles. The quantitative estimate of drug-likeness (QED) is 0.411. The van der Waals surface area contributed by atoms with Gasteiger partial charge in [0.05, 0.1) is 4.92 Å². The van der Waals surface area contributed by atoms with Gasteiger partial charge in [-0.15, -0.1) is 4.90 Å². The number of non-ortho nitro benzene ring substituents is 1. The molecule has 0 aromatic heterocycles. The third-order valence-corrected chi connectivity index (χ3v) is 4.65. The molecule has 0 saturated carbocycles. The van der Waals surface area contributed by atoms with Crippen LogP contribution in [0, 0.1) is 15.9 Å². The summed E-state index contributed by atoms with van der Waals surface area (Å²) in [6.45, 7) is 8.62. The van der Waals surface area contributed by atoms with Crippen molar-refractivity contribution in [3.05, 3.63) is 39.7 Å². The van der Waals surface area contributed by atoms with E-state index < -0.39 is 75.9 Å². The maximum absolute atomic E-state index is 15.4. The van der Waals surface area contributed by atoms with Crippen molar-refractivity contribution in [2.75, 3.05) is 6.67 Å². The zero-order valence-corrected chi connectivity index (χ0v) is 20.4. The SMILES string of the molecule is CC(C)(C)OC(=O)N(C(=O)OC(C)(C)C)C1=N[C@](C)(c2cc([N+](=O)[O-])ccc2F)[C@@H](F)[C@H](CF)O1. The summed E-state index contributed by atoms with van der Waals surface area (Å²) in [4.78, 5) is 40.3. The monoisotopic (exact) mass is 503 g/mol. The highest BCUT2D eigenvalue weighted by atomic mass is 19.1. The van der Waals surface area contributed by atoms with Gasteiger partial charge in [-0.1, -0.05) is 0 Å². The topological polar surface area (TPSA) is 121 Å². The van der Waals surface area contributed by atoms with E-state index >= 15 is 4.39 Å². The van der Waals surface area contributed by atoms with Gasteiger partial charge >= 0.3 is 18.2 Å². The van der Waals surface area contributed by atoms with Crippen LogP contribution in [0.5, 0.6) is 0 Å². The molecule has 0 radical (unpaired) electrons. The number of carbonyl (C=O) groups excluding carboxylic acids is 2. The Kier molecular flexibility index (Phi) is 7.72. The predicted molar refractivity (Wildman–Crippen MR) is 118 cm³/mol. The lowest BCUT2D eigenvalue weighted by Crippen LogP contribution is -2.56. The molecular formula is C22H28F3N3O7. The Labute approximate surface area is 200 Å². The fraction of sp³-hybridized carbons (Fsp3) is 0.591. The highest BCUT2D eigenvalue weighted by Gasteiger charge is 2.51. The summed E-state index contributed by atoms with van der Waals surface area (Å²) >= 11 is 0. The third kappa shape index (κ3) is 6.40. The second kappa shape index (κ2) is 9.70. The van der Waals surface area contributed by atoms with Crippen LogP contribution in [0.15, 0.2) is 23.2 Å². The molecule has 1 heterocycles. The molecule has 0 spiro atoms. The van der Waals surface area contributed by atoms with Gasteiger partial charge in [0.2, 0.25) is 0 Å². The molecule has 2 rings (SSSR count). The van der Waals surface area contributed by atoms with Crippen molar-refractivity contribution in [3.8, 4) is 0 Å². The first kappa shape index (κ1) is 27.9. The Bertz CT molecular complexity index is 1010. The van der Waals surface area contributed by atoms with E-state index in [0.29, 0.717) is 0 Å². The number of aliphatic imine (C=N–C) groups is 1. The van der Waals surface area contributed by atoms with Crippen molar-refractivity contribution < 1.29 is 41.9 Å². The van der Waals surface area contributed by atoms with Crippen LogP contribution < -0.4 is 0 Å². The van der Waals surface area contributed by atoms with Crippen LogP contribution in [0.1, 0.15) is 54.0 Å². The van der Waals surface area contributed by atoms with E-state index in [-0.39, 0.29) is 4.90 Å². The molecule has 0 bridgehead atoms. The maximum Gasteiger partial charge on any atom is 0.428 e. The molecule has 1 aliphatic heterocycles. The molecule has 13 heteroatoms. The number of ether oxygens (including phenoxy) is 3. The van der Waals surface area contributed by atoms with Gasteiger partial charge in [0.25, 0.3) is 5.69 Å². The minimum atomic E-state index is -2.35. The van der Waals surface area contributed by atoms with Crippen LogP contribution in [0.3, 0.4) is 0 Å². The lowest BCUT2D eigenvalue weighted by molar-refractivity contribution is -0.385. The summed E-state index contributed by atoms with van der Waals surface area (Å²) in [6.07, 6.45) is -6.96. The van der Waals surface area contributed by atoms with Gasteiger partial charge in [-0.3, -0.25) is 10.1 Å². The number of rotatable bonds is 3. The normalized spacial score (nSPS) is 22.5. The van der Waals surface area contributed by atoms with E-state index in [4.69, 9.17) is 14.2 Å². The zero-order chi connectivity index (χ0) is 26.9. The highest BCUT2D eigenvalue weighted by molar-refractivity contribution is 6.06. The third-order valence-electron chi connectivity index (χ3n) is 4.65. The van der Waals surface area contributed by atoms with Crippen molar-refractivity contribution in [2.24, 2.45) is 4.99 Å². The van der Waals surface area contributed by atoms with E-state index in [2.05, 4.69) is 4.99 Å². The average Bonchev–Trinajstić information content (AvgIpc) is 2.67. The number of imide groups is 1. The van der Waals surface area contributed by atoms with Gasteiger partial charge in [-0.05, 0) is 54.5 Å². The average molecular weight is 503 g/mol. The Morgan fingerprint density at radius 3 is 2.11 bits per heavy atom. The van der Waals surface area contributed by atoms with E-state index in [0.717, 1.165) is 25.1 Å². The number of amides is 2. The molecule has 3 atom stereocenters. The number of nitro benzene ring substituents is 1. The number of hydrogen-bond donors (Lipinski definition) is 0. The van der Waals surface area contributed by atoms with Crippen LogP contribution in [0.4, 0.5) is 28.4 Å². The Balaban J connectivity index is 2.73. The molecule has 10 nitrogen and oxygen atoms in total. The Hall–Kier alpha value is -3.38. The smallest absolute Gasteiger partial charge is 0.428 e. The lowest BCUT2D eigenvalue weighted by Gasteiger charge is -2.40.